The van der Waals surface area contributed by atoms with E-state index in [9.17, 15) is 0 Å². The summed E-state index contributed by atoms with van der Waals surface area (Å²) >= 11 is 0. The zero-order chi connectivity index (χ0) is 13.4. The summed E-state index contributed by atoms with van der Waals surface area (Å²) in [5.41, 5.74) is 4.12. The van der Waals surface area contributed by atoms with Crippen LogP contribution < -0.4 is 10.1 Å². The van der Waals surface area contributed by atoms with Crippen molar-refractivity contribution >= 4 is 10.9 Å². The highest BCUT2D eigenvalue weighted by Gasteiger charge is 2.23. The molecule has 1 atom stereocenters. The summed E-state index contributed by atoms with van der Waals surface area (Å²) < 4.78 is 7.96. The van der Waals surface area contributed by atoms with Crippen molar-refractivity contribution in [2.45, 2.75) is 32.7 Å². The topological polar surface area (TPSA) is 26.2 Å². The summed E-state index contributed by atoms with van der Waals surface area (Å²) in [5, 5.41) is 4.92. The van der Waals surface area contributed by atoms with Crippen LogP contribution in [-0.2, 0) is 7.05 Å². The molecule has 3 heteroatoms. The van der Waals surface area contributed by atoms with Crippen molar-refractivity contribution in [3.05, 3.63) is 29.5 Å². The van der Waals surface area contributed by atoms with E-state index in [2.05, 4.69) is 42.1 Å². The van der Waals surface area contributed by atoms with Gasteiger partial charge in [0.2, 0.25) is 0 Å². The van der Waals surface area contributed by atoms with Gasteiger partial charge in [-0.05, 0) is 57.0 Å². The molecule has 1 fully saturated rings. The Morgan fingerprint density at radius 1 is 1.42 bits per heavy atom. The Morgan fingerprint density at radius 2 is 2.26 bits per heavy atom. The Kier molecular flexibility index (Phi) is 3.23. The van der Waals surface area contributed by atoms with Crippen molar-refractivity contribution in [1.82, 2.24) is 9.88 Å². The van der Waals surface area contributed by atoms with Gasteiger partial charge in [0.25, 0.3) is 0 Å². The van der Waals surface area contributed by atoms with E-state index in [-0.39, 0.29) is 0 Å². The Bertz CT molecular complexity index is 594. The van der Waals surface area contributed by atoms with Crippen LogP contribution in [0.25, 0.3) is 10.9 Å². The quantitative estimate of drug-likeness (QED) is 0.914. The number of nitrogens with one attached hydrogen (secondary N) is 1. The number of rotatable bonds is 3. The van der Waals surface area contributed by atoms with Crippen molar-refractivity contribution in [3.63, 3.8) is 0 Å². The lowest BCUT2D eigenvalue weighted by Crippen LogP contribution is -2.16. The molecule has 3 nitrogen and oxygen atoms in total. The van der Waals surface area contributed by atoms with Crippen LogP contribution in [0.2, 0.25) is 0 Å². The molecule has 102 valence electrons. The Labute approximate surface area is 114 Å². The first-order valence-corrected chi connectivity index (χ1v) is 7.17. The number of nitrogens with zero attached hydrogens (tertiary/aromatic N) is 1. The fourth-order valence-corrected chi connectivity index (χ4v) is 3.30. The van der Waals surface area contributed by atoms with Crippen molar-refractivity contribution < 1.29 is 4.74 Å². The largest absolute Gasteiger partial charge is 0.494 e. The molecule has 0 radical (unpaired) electrons. The number of fused-ring (bicyclic) bond motifs is 1. The number of ether oxygens (including phenoxy) is 1. The third-order valence-corrected chi connectivity index (χ3v) is 4.18. The summed E-state index contributed by atoms with van der Waals surface area (Å²) in [7, 11) is 2.17. The minimum absolute atomic E-state index is 0.507. The molecule has 0 aliphatic carbocycles. The van der Waals surface area contributed by atoms with Gasteiger partial charge in [0, 0.05) is 29.7 Å². The molecule has 2 aromatic rings. The SMILES string of the molecule is CCOc1ccc2c(c1)c(C)c(C1CCCN1)n2C. The van der Waals surface area contributed by atoms with Crippen LogP contribution in [0.4, 0.5) is 0 Å². The van der Waals surface area contributed by atoms with E-state index in [1.54, 1.807) is 0 Å². The van der Waals surface area contributed by atoms with Gasteiger partial charge in [-0.1, -0.05) is 0 Å². The number of hydrogen-bond donors (Lipinski definition) is 1. The zero-order valence-corrected chi connectivity index (χ0v) is 12.0. The maximum atomic E-state index is 5.62. The third kappa shape index (κ3) is 2.02. The fraction of sp³-hybridized carbons (Fsp3) is 0.500. The molecule has 1 saturated heterocycles. The monoisotopic (exact) mass is 258 g/mol. The normalized spacial score (nSPS) is 19.2. The average molecular weight is 258 g/mol. The highest BCUT2D eigenvalue weighted by molar-refractivity contribution is 5.86. The van der Waals surface area contributed by atoms with Gasteiger partial charge in [0.1, 0.15) is 5.75 Å². The maximum absolute atomic E-state index is 5.62. The predicted molar refractivity (Wildman–Crippen MR) is 78.8 cm³/mol. The standard InChI is InChI=1S/C16H22N2O/c1-4-19-12-7-8-15-13(10-12)11(2)16(18(15)3)14-6-5-9-17-14/h7-8,10,14,17H,4-6,9H2,1-3H3. The van der Waals surface area contributed by atoms with Gasteiger partial charge in [0.15, 0.2) is 0 Å². The summed E-state index contributed by atoms with van der Waals surface area (Å²) in [4.78, 5) is 0. The van der Waals surface area contributed by atoms with Gasteiger partial charge in [-0.25, -0.2) is 0 Å². The van der Waals surface area contributed by atoms with Crippen molar-refractivity contribution in [3.8, 4) is 5.75 Å². The minimum Gasteiger partial charge on any atom is -0.494 e. The predicted octanol–water partition coefficient (Wildman–Crippen LogP) is 3.31. The van der Waals surface area contributed by atoms with E-state index in [0.29, 0.717) is 12.6 Å². The number of hydrogen-bond acceptors (Lipinski definition) is 2. The highest BCUT2D eigenvalue weighted by Crippen LogP contribution is 2.34. The Morgan fingerprint density at radius 3 is 2.95 bits per heavy atom. The summed E-state index contributed by atoms with van der Waals surface area (Å²) in [5.74, 6) is 0.967. The lowest BCUT2D eigenvalue weighted by molar-refractivity contribution is 0.340. The second kappa shape index (κ2) is 4.89. The van der Waals surface area contributed by atoms with E-state index in [1.807, 2.05) is 6.92 Å². The smallest absolute Gasteiger partial charge is 0.120 e. The van der Waals surface area contributed by atoms with Crippen LogP contribution in [0, 0.1) is 6.92 Å². The van der Waals surface area contributed by atoms with Gasteiger partial charge in [0.05, 0.1) is 6.61 Å². The van der Waals surface area contributed by atoms with Crippen LogP contribution >= 0.6 is 0 Å². The molecule has 1 aromatic carbocycles. The second-order valence-corrected chi connectivity index (χ2v) is 5.33. The molecule has 1 aliphatic heterocycles. The van der Waals surface area contributed by atoms with E-state index in [4.69, 9.17) is 4.74 Å². The minimum atomic E-state index is 0.507. The van der Waals surface area contributed by atoms with E-state index < -0.39 is 0 Å². The van der Waals surface area contributed by atoms with Crippen molar-refractivity contribution in [2.24, 2.45) is 7.05 Å². The fourth-order valence-electron chi connectivity index (χ4n) is 3.30. The molecule has 1 N–H and O–H groups in total. The molecule has 0 saturated carbocycles. The van der Waals surface area contributed by atoms with Gasteiger partial charge >= 0.3 is 0 Å². The molecule has 1 aromatic heterocycles. The van der Waals surface area contributed by atoms with Crippen LogP contribution in [0.1, 0.15) is 37.1 Å². The van der Waals surface area contributed by atoms with E-state index >= 15 is 0 Å². The number of benzene rings is 1. The van der Waals surface area contributed by atoms with Gasteiger partial charge in [-0.15, -0.1) is 0 Å². The molecular weight excluding hydrogens is 236 g/mol. The molecule has 1 aliphatic rings. The Hall–Kier alpha value is -1.48. The molecule has 2 heterocycles. The molecule has 1 unspecified atom stereocenters. The van der Waals surface area contributed by atoms with Crippen LogP contribution in [-0.4, -0.2) is 17.7 Å². The lowest BCUT2D eigenvalue weighted by atomic mass is 10.1. The van der Waals surface area contributed by atoms with Gasteiger partial charge in [-0.3, -0.25) is 0 Å². The van der Waals surface area contributed by atoms with Crippen molar-refractivity contribution in [1.29, 1.82) is 0 Å². The highest BCUT2D eigenvalue weighted by atomic mass is 16.5. The Balaban J connectivity index is 2.12. The van der Waals surface area contributed by atoms with Gasteiger partial charge in [-0.2, -0.15) is 0 Å². The molecule has 3 rings (SSSR count). The second-order valence-electron chi connectivity index (χ2n) is 5.33. The third-order valence-electron chi connectivity index (χ3n) is 4.18. The van der Waals surface area contributed by atoms with Gasteiger partial charge < -0.3 is 14.6 Å². The maximum Gasteiger partial charge on any atom is 0.120 e. The number of aromatic nitrogens is 1. The van der Waals surface area contributed by atoms with Crippen LogP contribution in [0.15, 0.2) is 18.2 Å². The lowest BCUT2D eigenvalue weighted by Gasteiger charge is -2.13. The van der Waals surface area contributed by atoms with E-state index in [0.717, 1.165) is 12.3 Å². The number of aryl methyl sites for hydroxylation is 2. The molecule has 0 bridgehead atoms. The summed E-state index contributed by atoms with van der Waals surface area (Å²) in [6, 6.07) is 6.92. The average Bonchev–Trinajstić information content (AvgIpc) is 2.99. The molecule has 19 heavy (non-hydrogen) atoms. The molecule has 0 amide bonds. The molecule has 0 spiro atoms. The zero-order valence-electron chi connectivity index (χ0n) is 12.0. The first-order valence-electron chi connectivity index (χ1n) is 7.17. The van der Waals surface area contributed by atoms with Crippen LogP contribution in [0.5, 0.6) is 5.75 Å². The first-order chi connectivity index (χ1) is 9.22. The van der Waals surface area contributed by atoms with E-state index in [1.165, 1.54) is 35.0 Å². The molecular formula is C16H22N2O. The van der Waals surface area contributed by atoms with Crippen molar-refractivity contribution in [2.75, 3.05) is 13.2 Å². The summed E-state index contributed by atoms with van der Waals surface area (Å²) in [6.07, 6.45) is 2.51. The van der Waals surface area contributed by atoms with Crippen LogP contribution in [0.3, 0.4) is 0 Å². The first kappa shape index (κ1) is 12.5. The summed E-state index contributed by atoms with van der Waals surface area (Å²) in [6.45, 7) is 6.10.